The lowest BCUT2D eigenvalue weighted by Gasteiger charge is -2.35. The van der Waals surface area contributed by atoms with Crippen LogP contribution in [0.4, 0.5) is 0 Å². The standard InChI is InChI=1S/C19H24O6/c1-5-12-25-18(21)19(11-7-6-8-15(19)20)16-13(22-2)9-10-14(23-3)17(16)24-4/h5,9-10H,1,6-8,11-12H2,2-4H3. The average molecular weight is 348 g/mol. The van der Waals surface area contributed by atoms with Gasteiger partial charge in [0.15, 0.2) is 22.7 Å². The monoisotopic (exact) mass is 348 g/mol. The highest BCUT2D eigenvalue weighted by Gasteiger charge is 2.53. The predicted molar refractivity (Wildman–Crippen MR) is 92.4 cm³/mol. The molecule has 0 bridgehead atoms. The molecule has 1 aromatic rings. The Morgan fingerprint density at radius 1 is 1.16 bits per heavy atom. The van der Waals surface area contributed by atoms with Crippen molar-refractivity contribution in [1.82, 2.24) is 0 Å². The lowest BCUT2D eigenvalue weighted by molar-refractivity contribution is -0.155. The summed E-state index contributed by atoms with van der Waals surface area (Å²) in [7, 11) is 4.46. The van der Waals surface area contributed by atoms with Crippen LogP contribution in [0, 0.1) is 0 Å². The first-order chi connectivity index (χ1) is 12.1. The first-order valence-corrected chi connectivity index (χ1v) is 8.17. The Labute approximate surface area is 147 Å². The summed E-state index contributed by atoms with van der Waals surface area (Å²) in [4.78, 5) is 26.0. The van der Waals surface area contributed by atoms with E-state index in [0.717, 1.165) is 12.8 Å². The van der Waals surface area contributed by atoms with E-state index in [-0.39, 0.29) is 12.4 Å². The predicted octanol–water partition coefficient (Wildman–Crippen LogP) is 2.82. The maximum atomic E-state index is 13.0. The van der Waals surface area contributed by atoms with Crippen molar-refractivity contribution in [2.45, 2.75) is 31.1 Å². The molecule has 1 aromatic carbocycles. The molecule has 25 heavy (non-hydrogen) atoms. The van der Waals surface area contributed by atoms with E-state index in [1.807, 2.05) is 0 Å². The maximum Gasteiger partial charge on any atom is 0.324 e. The van der Waals surface area contributed by atoms with Crippen LogP contribution in [0.2, 0.25) is 0 Å². The minimum atomic E-state index is -1.47. The Bertz CT molecular complexity index is 666. The highest BCUT2D eigenvalue weighted by molar-refractivity contribution is 6.11. The Morgan fingerprint density at radius 3 is 2.40 bits per heavy atom. The van der Waals surface area contributed by atoms with Gasteiger partial charge in [0.25, 0.3) is 0 Å². The summed E-state index contributed by atoms with van der Waals surface area (Å²) < 4.78 is 21.6. The molecule has 1 atom stereocenters. The second kappa shape index (κ2) is 8.05. The fourth-order valence-corrected chi connectivity index (χ4v) is 3.35. The molecule has 6 heteroatoms. The lowest BCUT2D eigenvalue weighted by Crippen LogP contribution is -2.47. The molecule has 0 radical (unpaired) electrons. The smallest absolute Gasteiger partial charge is 0.324 e. The third-order valence-corrected chi connectivity index (χ3v) is 4.52. The zero-order valence-electron chi connectivity index (χ0n) is 14.9. The summed E-state index contributed by atoms with van der Waals surface area (Å²) in [6, 6.07) is 3.35. The van der Waals surface area contributed by atoms with Crippen molar-refractivity contribution in [3.63, 3.8) is 0 Å². The summed E-state index contributed by atoms with van der Waals surface area (Å²) in [6.45, 7) is 3.59. The Balaban J connectivity index is 2.75. The normalized spacial score (nSPS) is 19.9. The zero-order chi connectivity index (χ0) is 18.4. The molecule has 0 heterocycles. The number of rotatable bonds is 7. The molecule has 1 unspecified atom stereocenters. The van der Waals surface area contributed by atoms with E-state index in [0.29, 0.717) is 35.7 Å². The summed E-state index contributed by atoms with van der Waals surface area (Å²) in [6.07, 6.45) is 3.57. The molecule has 2 rings (SSSR count). The second-order valence-electron chi connectivity index (χ2n) is 5.80. The van der Waals surface area contributed by atoms with E-state index >= 15 is 0 Å². The van der Waals surface area contributed by atoms with E-state index < -0.39 is 11.4 Å². The number of carbonyl (C=O) groups is 2. The van der Waals surface area contributed by atoms with Gasteiger partial charge in [0.2, 0.25) is 0 Å². The largest absolute Gasteiger partial charge is 0.496 e. The van der Waals surface area contributed by atoms with Gasteiger partial charge in [-0.2, -0.15) is 0 Å². The van der Waals surface area contributed by atoms with E-state index in [9.17, 15) is 9.59 Å². The van der Waals surface area contributed by atoms with Gasteiger partial charge in [-0.05, 0) is 25.0 Å². The highest BCUT2D eigenvalue weighted by atomic mass is 16.5. The van der Waals surface area contributed by atoms with Crippen molar-refractivity contribution in [3.8, 4) is 17.2 Å². The molecule has 0 spiro atoms. The molecule has 1 aliphatic carbocycles. The van der Waals surface area contributed by atoms with Crippen LogP contribution in [-0.2, 0) is 19.7 Å². The number of hydrogen-bond acceptors (Lipinski definition) is 6. The van der Waals surface area contributed by atoms with Crippen LogP contribution < -0.4 is 14.2 Å². The SMILES string of the molecule is C=CCOC(=O)C1(c2c(OC)ccc(OC)c2OC)CCCCC1=O. The molecule has 1 fully saturated rings. The molecule has 0 aromatic heterocycles. The molecule has 0 saturated heterocycles. The Hall–Kier alpha value is -2.50. The van der Waals surface area contributed by atoms with Gasteiger partial charge in [-0.25, -0.2) is 0 Å². The zero-order valence-corrected chi connectivity index (χ0v) is 14.9. The number of ether oxygens (including phenoxy) is 4. The van der Waals surface area contributed by atoms with Gasteiger partial charge >= 0.3 is 5.97 Å². The van der Waals surface area contributed by atoms with Crippen LogP contribution in [0.5, 0.6) is 17.2 Å². The molecule has 1 aliphatic rings. The third-order valence-electron chi connectivity index (χ3n) is 4.52. The number of hydrogen-bond donors (Lipinski definition) is 0. The fraction of sp³-hybridized carbons (Fsp3) is 0.474. The second-order valence-corrected chi connectivity index (χ2v) is 5.80. The van der Waals surface area contributed by atoms with Crippen molar-refractivity contribution in [2.24, 2.45) is 0 Å². The number of ketones is 1. The van der Waals surface area contributed by atoms with E-state index in [1.54, 1.807) is 12.1 Å². The van der Waals surface area contributed by atoms with Gasteiger partial charge in [-0.15, -0.1) is 0 Å². The molecule has 6 nitrogen and oxygen atoms in total. The van der Waals surface area contributed by atoms with Crippen molar-refractivity contribution < 1.29 is 28.5 Å². The molecule has 0 aliphatic heterocycles. The number of Topliss-reactive ketones (excluding diaryl/α,β-unsaturated/α-hetero) is 1. The third kappa shape index (κ3) is 3.21. The number of methoxy groups -OCH3 is 3. The quantitative estimate of drug-likeness (QED) is 0.429. The van der Waals surface area contributed by atoms with E-state index in [4.69, 9.17) is 18.9 Å². The molecular formula is C19H24O6. The summed E-state index contributed by atoms with van der Waals surface area (Å²) in [5, 5.41) is 0. The molecule has 1 saturated carbocycles. The van der Waals surface area contributed by atoms with Crippen LogP contribution in [0.3, 0.4) is 0 Å². The number of carbonyl (C=O) groups excluding carboxylic acids is 2. The van der Waals surface area contributed by atoms with E-state index in [2.05, 4.69) is 6.58 Å². The van der Waals surface area contributed by atoms with Crippen molar-refractivity contribution >= 4 is 11.8 Å². The minimum Gasteiger partial charge on any atom is -0.496 e. The van der Waals surface area contributed by atoms with Crippen LogP contribution >= 0.6 is 0 Å². The molecule has 0 amide bonds. The van der Waals surface area contributed by atoms with Crippen LogP contribution in [-0.4, -0.2) is 39.7 Å². The van der Waals surface area contributed by atoms with Gasteiger partial charge in [0, 0.05) is 6.42 Å². The van der Waals surface area contributed by atoms with Gasteiger partial charge in [-0.3, -0.25) is 9.59 Å². The van der Waals surface area contributed by atoms with Gasteiger partial charge in [0.1, 0.15) is 12.4 Å². The molecular weight excluding hydrogens is 324 g/mol. The Kier molecular flexibility index (Phi) is 6.07. The van der Waals surface area contributed by atoms with Crippen molar-refractivity contribution in [3.05, 3.63) is 30.4 Å². The first-order valence-electron chi connectivity index (χ1n) is 8.17. The number of esters is 1. The molecule has 0 N–H and O–H groups in total. The summed E-state index contributed by atoms with van der Waals surface area (Å²) in [5.74, 6) is 0.322. The van der Waals surface area contributed by atoms with Crippen LogP contribution in [0.15, 0.2) is 24.8 Å². The number of benzene rings is 1. The van der Waals surface area contributed by atoms with E-state index in [1.165, 1.54) is 27.4 Å². The highest BCUT2D eigenvalue weighted by Crippen LogP contribution is 2.49. The minimum absolute atomic E-state index is 0.0302. The fourth-order valence-electron chi connectivity index (χ4n) is 3.35. The van der Waals surface area contributed by atoms with Gasteiger partial charge in [-0.1, -0.05) is 19.1 Å². The average Bonchev–Trinajstić information content (AvgIpc) is 2.65. The summed E-state index contributed by atoms with van der Waals surface area (Å²) >= 11 is 0. The first kappa shape index (κ1) is 18.8. The maximum absolute atomic E-state index is 13.0. The van der Waals surface area contributed by atoms with Gasteiger partial charge in [0.05, 0.1) is 26.9 Å². The van der Waals surface area contributed by atoms with Crippen molar-refractivity contribution in [1.29, 1.82) is 0 Å². The molecule has 136 valence electrons. The lowest BCUT2D eigenvalue weighted by atomic mass is 9.67. The topological polar surface area (TPSA) is 71.1 Å². The summed E-state index contributed by atoms with van der Waals surface area (Å²) in [5.41, 5.74) is -1.09. The van der Waals surface area contributed by atoms with Crippen LogP contribution in [0.25, 0.3) is 0 Å². The van der Waals surface area contributed by atoms with Crippen molar-refractivity contribution in [2.75, 3.05) is 27.9 Å². The van der Waals surface area contributed by atoms with Crippen LogP contribution in [0.1, 0.15) is 31.2 Å². The Morgan fingerprint density at radius 2 is 1.84 bits per heavy atom. The van der Waals surface area contributed by atoms with Gasteiger partial charge < -0.3 is 18.9 Å².